The van der Waals surface area contributed by atoms with E-state index in [1.54, 1.807) is 24.5 Å². The van der Waals surface area contributed by atoms with E-state index >= 15 is 0 Å². The van der Waals surface area contributed by atoms with Crippen LogP contribution in [0.5, 0.6) is 5.75 Å². The number of nitrogens with one attached hydrogen (secondary N) is 1. The monoisotopic (exact) mass is 478 g/mol. The predicted octanol–water partition coefficient (Wildman–Crippen LogP) is 4.94. The zero-order valence-corrected chi connectivity index (χ0v) is 19.8. The third-order valence-electron chi connectivity index (χ3n) is 6.01. The summed E-state index contributed by atoms with van der Waals surface area (Å²) >= 11 is 0. The number of anilines is 2. The number of carbonyl (C=O) groups excluding carboxylic acids is 1. The quantitative estimate of drug-likeness (QED) is 0.250. The summed E-state index contributed by atoms with van der Waals surface area (Å²) in [5.74, 6) is 1.46. The number of benzene rings is 2. The molecular formula is C26H30N4O5. The van der Waals surface area contributed by atoms with Crippen LogP contribution < -0.4 is 15.0 Å². The van der Waals surface area contributed by atoms with Crippen molar-refractivity contribution in [3.05, 3.63) is 82.3 Å². The molecule has 1 amide bonds. The summed E-state index contributed by atoms with van der Waals surface area (Å²) in [6, 6.07) is 15.9. The number of unbranched alkanes of at least 4 members (excludes halogenated alkanes) is 1. The summed E-state index contributed by atoms with van der Waals surface area (Å²) in [5, 5.41) is 14.6. The van der Waals surface area contributed by atoms with Crippen LogP contribution in [0.4, 0.5) is 17.1 Å². The lowest BCUT2D eigenvalue weighted by atomic mass is 10.1. The van der Waals surface area contributed by atoms with Gasteiger partial charge in [-0.05, 0) is 55.0 Å². The number of carbonyl (C=O) groups is 1. The Bertz CT molecular complexity index is 1120. The second kappa shape index (κ2) is 11.4. The summed E-state index contributed by atoms with van der Waals surface area (Å²) in [7, 11) is 0. The van der Waals surface area contributed by atoms with Gasteiger partial charge in [-0.25, -0.2) is 0 Å². The number of ether oxygens (including phenoxy) is 1. The Morgan fingerprint density at radius 2 is 1.89 bits per heavy atom. The van der Waals surface area contributed by atoms with Crippen molar-refractivity contribution >= 4 is 23.0 Å². The van der Waals surface area contributed by atoms with Gasteiger partial charge in [-0.3, -0.25) is 14.9 Å². The zero-order valence-electron chi connectivity index (χ0n) is 19.8. The minimum atomic E-state index is -0.398. The van der Waals surface area contributed by atoms with Gasteiger partial charge in [0.25, 0.3) is 11.6 Å². The third-order valence-corrected chi connectivity index (χ3v) is 6.01. The molecule has 184 valence electrons. The molecular weight excluding hydrogens is 448 g/mol. The molecule has 0 atom stereocenters. The summed E-state index contributed by atoms with van der Waals surface area (Å²) in [4.78, 5) is 28.0. The predicted molar refractivity (Wildman–Crippen MR) is 134 cm³/mol. The maximum absolute atomic E-state index is 13.0. The number of hydrogen-bond donors (Lipinski definition) is 1. The average molecular weight is 479 g/mol. The first-order valence-corrected chi connectivity index (χ1v) is 11.9. The Morgan fingerprint density at radius 1 is 1.11 bits per heavy atom. The van der Waals surface area contributed by atoms with Crippen LogP contribution in [0.25, 0.3) is 0 Å². The van der Waals surface area contributed by atoms with Crippen molar-refractivity contribution in [3.63, 3.8) is 0 Å². The van der Waals surface area contributed by atoms with Crippen LogP contribution >= 0.6 is 0 Å². The van der Waals surface area contributed by atoms with Crippen molar-refractivity contribution in [2.45, 2.75) is 26.3 Å². The van der Waals surface area contributed by atoms with Gasteiger partial charge >= 0.3 is 0 Å². The lowest BCUT2D eigenvalue weighted by molar-refractivity contribution is -0.384. The van der Waals surface area contributed by atoms with Crippen molar-refractivity contribution in [1.82, 2.24) is 4.90 Å². The molecule has 4 rings (SSSR count). The van der Waals surface area contributed by atoms with Crippen molar-refractivity contribution in [3.8, 4) is 5.75 Å². The standard InChI is InChI=1S/C26H30N4O5/c1-2-3-16-34-22-9-6-20(7-10-22)26(31)29-14-12-28(13-15-29)21-8-11-25(30(32)33)24(18-21)27-19-23-5-4-17-35-23/h4-11,17-18,27H,2-3,12-16,19H2,1H3. The fraction of sp³-hybridized carbons (Fsp3) is 0.346. The summed E-state index contributed by atoms with van der Waals surface area (Å²) < 4.78 is 11.0. The molecule has 3 aromatic rings. The van der Waals surface area contributed by atoms with Crippen molar-refractivity contribution in [1.29, 1.82) is 0 Å². The molecule has 1 aliphatic heterocycles. The zero-order chi connectivity index (χ0) is 24.6. The highest BCUT2D eigenvalue weighted by atomic mass is 16.6. The molecule has 1 N–H and O–H groups in total. The molecule has 1 aromatic heterocycles. The first kappa shape index (κ1) is 24.1. The molecule has 9 nitrogen and oxygen atoms in total. The van der Waals surface area contributed by atoms with E-state index in [1.165, 1.54) is 6.07 Å². The van der Waals surface area contributed by atoms with Gasteiger partial charge in [0.15, 0.2) is 0 Å². The van der Waals surface area contributed by atoms with E-state index in [4.69, 9.17) is 9.15 Å². The Labute approximate surface area is 204 Å². The number of amides is 1. The Kier molecular flexibility index (Phi) is 7.87. The largest absolute Gasteiger partial charge is 0.494 e. The number of piperazine rings is 1. The van der Waals surface area contributed by atoms with Gasteiger partial charge in [0, 0.05) is 43.5 Å². The van der Waals surface area contributed by atoms with Crippen molar-refractivity contribution in [2.75, 3.05) is 43.0 Å². The lowest BCUT2D eigenvalue weighted by Gasteiger charge is -2.36. The van der Waals surface area contributed by atoms with E-state index in [1.807, 2.05) is 35.2 Å². The second-order valence-electron chi connectivity index (χ2n) is 8.40. The van der Waals surface area contributed by atoms with E-state index in [2.05, 4.69) is 17.1 Å². The van der Waals surface area contributed by atoms with Crippen LogP contribution in [0.2, 0.25) is 0 Å². The second-order valence-corrected chi connectivity index (χ2v) is 8.40. The van der Waals surface area contributed by atoms with Crippen LogP contribution in [0.3, 0.4) is 0 Å². The van der Waals surface area contributed by atoms with Gasteiger partial charge in [-0.1, -0.05) is 13.3 Å². The Balaban J connectivity index is 1.36. The molecule has 2 aromatic carbocycles. The van der Waals surface area contributed by atoms with E-state index in [9.17, 15) is 14.9 Å². The summed E-state index contributed by atoms with van der Waals surface area (Å²) in [6.45, 7) is 5.56. The minimum Gasteiger partial charge on any atom is -0.494 e. The van der Waals surface area contributed by atoms with Crippen LogP contribution in [0.15, 0.2) is 65.3 Å². The lowest BCUT2D eigenvalue weighted by Crippen LogP contribution is -2.48. The van der Waals surface area contributed by atoms with Crippen molar-refractivity contribution < 1.29 is 18.9 Å². The molecule has 2 heterocycles. The maximum Gasteiger partial charge on any atom is 0.292 e. The molecule has 35 heavy (non-hydrogen) atoms. The van der Waals surface area contributed by atoms with Gasteiger partial charge in [0.05, 0.1) is 24.3 Å². The molecule has 0 bridgehead atoms. The number of nitrogens with zero attached hydrogens (tertiary/aromatic N) is 3. The molecule has 1 saturated heterocycles. The first-order chi connectivity index (χ1) is 17.0. The highest BCUT2D eigenvalue weighted by molar-refractivity contribution is 5.94. The number of hydrogen-bond acceptors (Lipinski definition) is 7. The first-order valence-electron chi connectivity index (χ1n) is 11.9. The van der Waals surface area contributed by atoms with Gasteiger partial charge in [0.2, 0.25) is 0 Å². The SMILES string of the molecule is CCCCOc1ccc(C(=O)N2CCN(c3ccc([N+](=O)[O-])c(NCc4ccco4)c3)CC2)cc1. The summed E-state index contributed by atoms with van der Waals surface area (Å²) in [5.41, 5.74) is 1.96. The van der Waals surface area contributed by atoms with E-state index in [-0.39, 0.29) is 11.6 Å². The minimum absolute atomic E-state index is 0.00531. The number of nitro groups is 1. The van der Waals surface area contributed by atoms with Gasteiger partial charge < -0.3 is 24.3 Å². The smallest absolute Gasteiger partial charge is 0.292 e. The Hall–Kier alpha value is -4.01. The average Bonchev–Trinajstić information content (AvgIpc) is 3.41. The van der Waals surface area contributed by atoms with Gasteiger partial charge in [-0.2, -0.15) is 0 Å². The van der Waals surface area contributed by atoms with Crippen LogP contribution in [-0.4, -0.2) is 48.5 Å². The fourth-order valence-electron chi connectivity index (χ4n) is 4.00. The number of rotatable bonds is 10. The van der Waals surface area contributed by atoms with Gasteiger partial charge in [0.1, 0.15) is 17.2 Å². The molecule has 0 aliphatic carbocycles. The highest BCUT2D eigenvalue weighted by Gasteiger charge is 2.24. The summed E-state index contributed by atoms with van der Waals surface area (Å²) in [6.07, 6.45) is 3.64. The van der Waals surface area contributed by atoms with Crippen molar-refractivity contribution in [2.24, 2.45) is 0 Å². The van der Waals surface area contributed by atoms with Gasteiger partial charge in [-0.15, -0.1) is 0 Å². The molecule has 1 aliphatic rings. The van der Waals surface area contributed by atoms with E-state index in [0.717, 1.165) is 24.3 Å². The topological polar surface area (TPSA) is 101 Å². The van der Waals surface area contributed by atoms with E-state index < -0.39 is 4.92 Å². The van der Waals surface area contributed by atoms with E-state index in [0.29, 0.717) is 56.3 Å². The number of furan rings is 1. The highest BCUT2D eigenvalue weighted by Crippen LogP contribution is 2.31. The Morgan fingerprint density at radius 3 is 2.54 bits per heavy atom. The number of nitro benzene ring substituents is 1. The molecule has 0 unspecified atom stereocenters. The molecule has 0 saturated carbocycles. The molecule has 0 spiro atoms. The normalized spacial score (nSPS) is 13.5. The molecule has 1 fully saturated rings. The fourth-order valence-corrected chi connectivity index (χ4v) is 4.00. The van der Waals surface area contributed by atoms with Crippen LogP contribution in [-0.2, 0) is 6.54 Å². The molecule has 9 heteroatoms. The molecule has 0 radical (unpaired) electrons. The van der Waals surface area contributed by atoms with Crippen LogP contribution in [0, 0.1) is 10.1 Å². The van der Waals surface area contributed by atoms with Crippen LogP contribution in [0.1, 0.15) is 35.9 Å². The maximum atomic E-state index is 13.0. The third kappa shape index (κ3) is 6.11.